The average Bonchev–Trinajstić information content (AvgIpc) is 2.94. The van der Waals surface area contributed by atoms with Gasteiger partial charge >= 0.3 is 0 Å². The van der Waals surface area contributed by atoms with Crippen LogP contribution in [0.5, 0.6) is 0 Å². The number of aliphatic hydroxyl groups is 1. The predicted molar refractivity (Wildman–Crippen MR) is 78.9 cm³/mol. The maximum Gasteiger partial charge on any atom is 0.242 e. The Morgan fingerprint density at radius 2 is 2.35 bits per heavy atom. The van der Waals surface area contributed by atoms with E-state index in [9.17, 15) is 9.90 Å². The van der Waals surface area contributed by atoms with Gasteiger partial charge in [0.15, 0.2) is 0 Å². The number of hydrogen-bond donors (Lipinski definition) is 3. The summed E-state index contributed by atoms with van der Waals surface area (Å²) in [5.41, 5.74) is 3.06. The number of rotatable bonds is 3. The third-order valence-corrected chi connectivity index (χ3v) is 4.41. The van der Waals surface area contributed by atoms with Crippen LogP contribution < -0.4 is 10.6 Å². The van der Waals surface area contributed by atoms with Gasteiger partial charge < -0.3 is 15.7 Å². The van der Waals surface area contributed by atoms with E-state index in [2.05, 4.69) is 21.6 Å². The molecule has 1 aromatic rings. The van der Waals surface area contributed by atoms with E-state index in [-0.39, 0.29) is 24.6 Å². The number of hydrogen-bond acceptors (Lipinski definition) is 4. The molecule has 1 aromatic carbocycles. The molecule has 2 aliphatic rings. The first-order chi connectivity index (χ1) is 9.72. The number of nitrogens with zero attached hydrogens (tertiary/aromatic N) is 1. The van der Waals surface area contributed by atoms with Crippen LogP contribution in [0.3, 0.4) is 0 Å². The van der Waals surface area contributed by atoms with E-state index in [1.807, 2.05) is 19.2 Å². The van der Waals surface area contributed by atoms with Crippen LogP contribution in [0.15, 0.2) is 18.2 Å². The van der Waals surface area contributed by atoms with Crippen molar-refractivity contribution in [3.05, 3.63) is 23.8 Å². The quantitative estimate of drug-likeness (QED) is 0.771. The monoisotopic (exact) mass is 275 g/mol. The fourth-order valence-corrected chi connectivity index (χ4v) is 3.28. The normalized spacial score (nSPS) is 26.2. The molecule has 2 unspecified atom stereocenters. The lowest BCUT2D eigenvalue weighted by molar-refractivity contribution is -0.122. The molecule has 1 saturated heterocycles. The molecule has 0 spiro atoms. The topological polar surface area (TPSA) is 64.6 Å². The molecular weight excluding hydrogens is 254 g/mol. The van der Waals surface area contributed by atoms with Gasteiger partial charge in [-0.1, -0.05) is 6.07 Å². The van der Waals surface area contributed by atoms with Crippen molar-refractivity contribution in [2.75, 3.05) is 30.8 Å². The number of likely N-dealkylation sites (tertiary alicyclic amines) is 1. The lowest BCUT2D eigenvalue weighted by Crippen LogP contribution is -2.50. The van der Waals surface area contributed by atoms with Crippen LogP contribution in [0, 0.1) is 0 Å². The van der Waals surface area contributed by atoms with E-state index in [1.165, 1.54) is 0 Å². The maximum atomic E-state index is 12.4. The molecule has 2 aliphatic heterocycles. The summed E-state index contributed by atoms with van der Waals surface area (Å²) in [7, 11) is 1.87. The summed E-state index contributed by atoms with van der Waals surface area (Å²) >= 11 is 0. The summed E-state index contributed by atoms with van der Waals surface area (Å²) in [5.74, 6) is 0.0473. The van der Waals surface area contributed by atoms with E-state index in [4.69, 9.17) is 0 Å². The Labute approximate surface area is 119 Å². The molecule has 0 saturated carbocycles. The zero-order valence-electron chi connectivity index (χ0n) is 11.7. The van der Waals surface area contributed by atoms with Crippen LogP contribution >= 0.6 is 0 Å². The van der Waals surface area contributed by atoms with Gasteiger partial charge in [-0.2, -0.15) is 0 Å². The number of aliphatic hydroxyl groups excluding tert-OH is 1. The van der Waals surface area contributed by atoms with Crippen LogP contribution in [0.1, 0.15) is 18.4 Å². The van der Waals surface area contributed by atoms with E-state index in [1.54, 1.807) is 0 Å². The summed E-state index contributed by atoms with van der Waals surface area (Å²) in [6.07, 6.45) is 2.76. The standard InChI is InChI=1S/C15H21N3O2/c1-16-11-5-4-10-7-14(15(20)17-13(10)8-11)18-6-2-3-12(18)9-19/h4-5,8,12,14,16,19H,2-3,6-7,9H2,1H3,(H,17,20). The highest BCUT2D eigenvalue weighted by Gasteiger charge is 2.37. The second-order valence-electron chi connectivity index (χ2n) is 5.55. The first-order valence-corrected chi connectivity index (χ1v) is 7.21. The first-order valence-electron chi connectivity index (χ1n) is 7.21. The molecule has 5 nitrogen and oxygen atoms in total. The second-order valence-corrected chi connectivity index (χ2v) is 5.55. The zero-order valence-corrected chi connectivity index (χ0v) is 11.7. The SMILES string of the molecule is CNc1ccc2c(c1)NC(=O)C(N1CCCC1CO)C2. The van der Waals surface area contributed by atoms with Crippen molar-refractivity contribution in [1.82, 2.24) is 4.90 Å². The van der Waals surface area contributed by atoms with Crippen LogP contribution in [0.4, 0.5) is 11.4 Å². The summed E-state index contributed by atoms with van der Waals surface area (Å²) in [5, 5.41) is 15.5. The van der Waals surface area contributed by atoms with Gasteiger partial charge in [-0.05, 0) is 43.5 Å². The lowest BCUT2D eigenvalue weighted by Gasteiger charge is -2.34. The molecule has 0 radical (unpaired) electrons. The zero-order chi connectivity index (χ0) is 14.1. The molecule has 0 bridgehead atoms. The Morgan fingerprint density at radius 3 is 3.10 bits per heavy atom. The number of nitrogens with one attached hydrogen (secondary N) is 2. The van der Waals surface area contributed by atoms with Crippen LogP contribution in [-0.4, -0.2) is 48.2 Å². The molecule has 1 fully saturated rings. The third-order valence-electron chi connectivity index (χ3n) is 4.41. The van der Waals surface area contributed by atoms with Crippen molar-refractivity contribution < 1.29 is 9.90 Å². The fraction of sp³-hybridized carbons (Fsp3) is 0.533. The Morgan fingerprint density at radius 1 is 1.50 bits per heavy atom. The molecule has 20 heavy (non-hydrogen) atoms. The number of carbonyl (C=O) groups is 1. The highest BCUT2D eigenvalue weighted by atomic mass is 16.3. The van der Waals surface area contributed by atoms with Gasteiger partial charge in [0, 0.05) is 24.5 Å². The molecule has 2 atom stereocenters. The summed E-state index contributed by atoms with van der Waals surface area (Å²) < 4.78 is 0. The molecule has 3 N–H and O–H groups in total. The average molecular weight is 275 g/mol. The maximum absolute atomic E-state index is 12.4. The number of carbonyl (C=O) groups excluding carboxylic acids is 1. The second kappa shape index (κ2) is 5.42. The van der Waals surface area contributed by atoms with Crippen molar-refractivity contribution in [2.24, 2.45) is 0 Å². The van der Waals surface area contributed by atoms with Crippen molar-refractivity contribution in [1.29, 1.82) is 0 Å². The van der Waals surface area contributed by atoms with Crippen LogP contribution in [0.25, 0.3) is 0 Å². The molecule has 1 amide bonds. The van der Waals surface area contributed by atoms with Gasteiger partial charge in [0.05, 0.1) is 12.6 Å². The van der Waals surface area contributed by atoms with Crippen LogP contribution in [0.2, 0.25) is 0 Å². The summed E-state index contributed by atoms with van der Waals surface area (Å²) in [6, 6.07) is 6.04. The van der Waals surface area contributed by atoms with Gasteiger partial charge in [-0.25, -0.2) is 0 Å². The van der Waals surface area contributed by atoms with E-state index in [0.717, 1.165) is 42.7 Å². The van der Waals surface area contributed by atoms with Gasteiger partial charge in [-0.3, -0.25) is 9.69 Å². The number of anilines is 2. The summed E-state index contributed by atoms with van der Waals surface area (Å²) in [4.78, 5) is 14.5. The lowest BCUT2D eigenvalue weighted by atomic mass is 9.97. The Balaban J connectivity index is 1.84. The van der Waals surface area contributed by atoms with E-state index >= 15 is 0 Å². The molecule has 0 aliphatic carbocycles. The Bertz CT molecular complexity index is 518. The van der Waals surface area contributed by atoms with E-state index < -0.39 is 0 Å². The predicted octanol–water partition coefficient (Wildman–Crippen LogP) is 1.05. The molecule has 108 valence electrons. The van der Waals surface area contributed by atoms with E-state index in [0.29, 0.717) is 0 Å². The van der Waals surface area contributed by atoms with Crippen molar-refractivity contribution >= 4 is 17.3 Å². The Kier molecular flexibility index (Phi) is 3.63. The number of fused-ring (bicyclic) bond motifs is 1. The van der Waals surface area contributed by atoms with Gasteiger partial charge in [0.25, 0.3) is 0 Å². The van der Waals surface area contributed by atoms with Crippen LogP contribution in [-0.2, 0) is 11.2 Å². The molecule has 2 heterocycles. The molecule has 5 heteroatoms. The number of benzene rings is 1. The van der Waals surface area contributed by atoms with Gasteiger partial charge in [-0.15, -0.1) is 0 Å². The van der Waals surface area contributed by atoms with Crippen molar-refractivity contribution in [2.45, 2.75) is 31.3 Å². The minimum absolute atomic E-state index is 0.0473. The fourth-order valence-electron chi connectivity index (χ4n) is 3.28. The highest BCUT2D eigenvalue weighted by Crippen LogP contribution is 2.30. The molecular formula is C15H21N3O2. The first kappa shape index (κ1) is 13.4. The van der Waals surface area contributed by atoms with Crippen molar-refractivity contribution in [3.63, 3.8) is 0 Å². The third kappa shape index (κ3) is 2.27. The molecule has 0 aromatic heterocycles. The van der Waals surface area contributed by atoms with Gasteiger partial charge in [0.1, 0.15) is 0 Å². The largest absolute Gasteiger partial charge is 0.395 e. The van der Waals surface area contributed by atoms with Gasteiger partial charge in [0.2, 0.25) is 5.91 Å². The number of amides is 1. The highest BCUT2D eigenvalue weighted by molar-refractivity contribution is 5.98. The Hall–Kier alpha value is -1.59. The smallest absolute Gasteiger partial charge is 0.242 e. The summed E-state index contributed by atoms with van der Waals surface area (Å²) in [6.45, 7) is 1.03. The van der Waals surface area contributed by atoms with Crippen molar-refractivity contribution in [3.8, 4) is 0 Å². The minimum atomic E-state index is -0.150. The molecule has 3 rings (SSSR count). The minimum Gasteiger partial charge on any atom is -0.395 e.